The van der Waals surface area contributed by atoms with Crippen molar-refractivity contribution in [2.24, 2.45) is 5.41 Å². The van der Waals surface area contributed by atoms with Crippen LogP contribution >= 0.6 is 0 Å². The molecule has 1 unspecified atom stereocenters. The lowest BCUT2D eigenvalue weighted by Crippen LogP contribution is -2.66. The third-order valence-electron chi connectivity index (χ3n) is 5.51. The number of hydrogen-bond donors (Lipinski definition) is 0. The largest absolute Gasteiger partial charge is 0.371 e. The number of Topliss-reactive ketones (excluding diaryl/α,β-unsaturated/α-hetero) is 1. The van der Waals surface area contributed by atoms with E-state index in [1.807, 2.05) is 30.3 Å². The summed E-state index contributed by atoms with van der Waals surface area (Å²) in [6, 6.07) is 9.95. The van der Waals surface area contributed by atoms with Gasteiger partial charge in [0, 0.05) is 18.4 Å². The molecule has 2 saturated heterocycles. The zero-order valence-corrected chi connectivity index (χ0v) is 13.8. The predicted molar refractivity (Wildman–Crippen MR) is 84.9 cm³/mol. The van der Waals surface area contributed by atoms with Crippen LogP contribution in [-0.2, 0) is 19.0 Å². The first-order valence-electron chi connectivity index (χ1n) is 8.54. The van der Waals surface area contributed by atoms with Gasteiger partial charge in [-0.3, -0.25) is 4.79 Å². The highest BCUT2D eigenvalue weighted by Gasteiger charge is 2.62. The van der Waals surface area contributed by atoms with E-state index in [2.05, 4.69) is 13.8 Å². The van der Waals surface area contributed by atoms with Crippen LogP contribution in [0.3, 0.4) is 0 Å². The lowest BCUT2D eigenvalue weighted by atomic mass is 9.63. The van der Waals surface area contributed by atoms with Crippen LogP contribution in [0, 0.1) is 5.41 Å². The van der Waals surface area contributed by atoms with Gasteiger partial charge in [-0.2, -0.15) is 0 Å². The minimum Gasteiger partial charge on any atom is -0.371 e. The molecule has 0 radical (unpaired) electrons. The highest BCUT2D eigenvalue weighted by Crippen LogP contribution is 2.52. The van der Waals surface area contributed by atoms with Gasteiger partial charge in [0.2, 0.25) is 0 Å². The van der Waals surface area contributed by atoms with E-state index in [1.54, 1.807) is 0 Å². The molecule has 0 N–H and O–H groups in total. The summed E-state index contributed by atoms with van der Waals surface area (Å²) in [5, 5.41) is 0. The van der Waals surface area contributed by atoms with Crippen LogP contribution in [0.2, 0.25) is 0 Å². The molecule has 124 valence electrons. The minimum atomic E-state index is -0.612. The van der Waals surface area contributed by atoms with E-state index in [9.17, 15) is 4.79 Å². The minimum absolute atomic E-state index is 0.0887. The molecule has 1 aliphatic carbocycles. The predicted octanol–water partition coefficient (Wildman–Crippen LogP) is 3.41. The van der Waals surface area contributed by atoms with Gasteiger partial charge in [0.25, 0.3) is 0 Å². The van der Waals surface area contributed by atoms with Crippen molar-refractivity contribution < 1.29 is 19.0 Å². The highest BCUT2D eigenvalue weighted by atomic mass is 16.7. The maximum absolute atomic E-state index is 12.8. The Morgan fingerprint density at radius 1 is 1.13 bits per heavy atom. The van der Waals surface area contributed by atoms with Crippen molar-refractivity contribution in [3.05, 3.63) is 35.9 Å². The quantitative estimate of drug-likeness (QED) is 0.796. The summed E-state index contributed by atoms with van der Waals surface area (Å²) < 4.78 is 18.6. The molecule has 2 aliphatic heterocycles. The molecule has 23 heavy (non-hydrogen) atoms. The SMILES string of the molecule is CC1(C)C[C@H]2O[C@@H](c3ccccc3)OC[C@@]23C(=O)CCCC3O1. The average Bonchev–Trinajstić information content (AvgIpc) is 2.53. The zero-order valence-electron chi connectivity index (χ0n) is 13.8. The van der Waals surface area contributed by atoms with Gasteiger partial charge in [-0.15, -0.1) is 0 Å². The number of ketones is 1. The van der Waals surface area contributed by atoms with E-state index in [4.69, 9.17) is 14.2 Å². The first-order chi connectivity index (χ1) is 11.0. The second-order valence-corrected chi connectivity index (χ2v) is 7.60. The fourth-order valence-electron chi connectivity index (χ4n) is 4.35. The Morgan fingerprint density at radius 2 is 1.91 bits per heavy atom. The summed E-state index contributed by atoms with van der Waals surface area (Å²) >= 11 is 0. The molecule has 4 rings (SSSR count). The number of rotatable bonds is 1. The van der Waals surface area contributed by atoms with Gasteiger partial charge >= 0.3 is 0 Å². The zero-order chi connectivity index (χ0) is 16.1. The van der Waals surface area contributed by atoms with E-state index < -0.39 is 11.7 Å². The molecule has 3 fully saturated rings. The lowest BCUT2D eigenvalue weighted by molar-refractivity contribution is -0.328. The number of carbonyl (C=O) groups excluding carboxylic acids is 1. The Balaban J connectivity index is 1.66. The molecular weight excluding hydrogens is 292 g/mol. The molecule has 2 heterocycles. The van der Waals surface area contributed by atoms with E-state index in [0.29, 0.717) is 13.0 Å². The Morgan fingerprint density at radius 3 is 2.70 bits per heavy atom. The first-order valence-corrected chi connectivity index (χ1v) is 8.54. The average molecular weight is 316 g/mol. The molecule has 4 heteroatoms. The topological polar surface area (TPSA) is 44.8 Å². The third-order valence-corrected chi connectivity index (χ3v) is 5.51. The van der Waals surface area contributed by atoms with Crippen LogP contribution in [0.5, 0.6) is 0 Å². The van der Waals surface area contributed by atoms with Gasteiger partial charge in [-0.05, 0) is 26.7 Å². The second-order valence-electron chi connectivity index (χ2n) is 7.60. The van der Waals surface area contributed by atoms with E-state index in [-0.39, 0.29) is 23.6 Å². The molecular formula is C19H24O4. The maximum atomic E-state index is 12.8. The van der Waals surface area contributed by atoms with Crippen molar-refractivity contribution in [3.63, 3.8) is 0 Å². The van der Waals surface area contributed by atoms with Crippen LogP contribution in [-0.4, -0.2) is 30.2 Å². The molecule has 0 bridgehead atoms. The van der Waals surface area contributed by atoms with Gasteiger partial charge in [0.1, 0.15) is 11.2 Å². The second kappa shape index (κ2) is 5.40. The van der Waals surface area contributed by atoms with E-state index in [1.165, 1.54) is 0 Å². The normalized spacial score (nSPS) is 39.4. The monoisotopic (exact) mass is 316 g/mol. The fourth-order valence-corrected chi connectivity index (χ4v) is 4.35. The maximum Gasteiger partial charge on any atom is 0.184 e. The van der Waals surface area contributed by atoms with Crippen molar-refractivity contribution >= 4 is 5.78 Å². The summed E-state index contributed by atoms with van der Waals surface area (Å²) in [7, 11) is 0. The smallest absolute Gasteiger partial charge is 0.184 e. The highest BCUT2D eigenvalue weighted by molar-refractivity contribution is 5.87. The Kier molecular flexibility index (Phi) is 3.59. The summed E-state index contributed by atoms with van der Waals surface area (Å²) in [5.41, 5.74) is 0.125. The molecule has 1 saturated carbocycles. The summed E-state index contributed by atoms with van der Waals surface area (Å²) in [6.07, 6.45) is 2.53. The van der Waals surface area contributed by atoms with Gasteiger partial charge in [-0.25, -0.2) is 0 Å². The van der Waals surface area contributed by atoms with Crippen molar-refractivity contribution in [2.75, 3.05) is 6.61 Å². The van der Waals surface area contributed by atoms with Gasteiger partial charge in [0.15, 0.2) is 6.29 Å². The van der Waals surface area contributed by atoms with Crippen LogP contribution < -0.4 is 0 Å². The van der Waals surface area contributed by atoms with E-state index >= 15 is 0 Å². The van der Waals surface area contributed by atoms with Crippen LogP contribution in [0.1, 0.15) is 51.4 Å². The van der Waals surface area contributed by atoms with Gasteiger partial charge < -0.3 is 14.2 Å². The molecule has 3 aliphatic rings. The molecule has 4 atom stereocenters. The Labute approximate surface area is 137 Å². The fraction of sp³-hybridized carbons (Fsp3) is 0.632. The third kappa shape index (κ3) is 2.44. The van der Waals surface area contributed by atoms with Crippen molar-refractivity contribution in [3.8, 4) is 0 Å². The first kappa shape index (κ1) is 15.3. The molecule has 1 aromatic carbocycles. The van der Waals surface area contributed by atoms with Crippen LogP contribution in [0.4, 0.5) is 0 Å². The van der Waals surface area contributed by atoms with Crippen molar-refractivity contribution in [1.82, 2.24) is 0 Å². The molecule has 0 aromatic heterocycles. The lowest BCUT2D eigenvalue weighted by Gasteiger charge is -2.57. The summed E-state index contributed by atoms with van der Waals surface area (Å²) in [6.45, 7) is 4.58. The van der Waals surface area contributed by atoms with Gasteiger partial charge in [-0.1, -0.05) is 30.3 Å². The summed E-state index contributed by atoms with van der Waals surface area (Å²) in [4.78, 5) is 12.8. The number of ether oxygens (including phenoxy) is 3. The summed E-state index contributed by atoms with van der Waals surface area (Å²) in [5.74, 6) is 0.251. The molecule has 4 nitrogen and oxygen atoms in total. The molecule has 0 amide bonds. The molecule has 1 aromatic rings. The number of hydrogen-bond acceptors (Lipinski definition) is 4. The number of carbonyl (C=O) groups is 1. The van der Waals surface area contributed by atoms with Gasteiger partial charge in [0.05, 0.1) is 24.4 Å². The van der Waals surface area contributed by atoms with Crippen LogP contribution in [0.25, 0.3) is 0 Å². The van der Waals surface area contributed by atoms with E-state index in [0.717, 1.165) is 24.8 Å². The van der Waals surface area contributed by atoms with Crippen molar-refractivity contribution in [2.45, 2.75) is 63.6 Å². The number of benzene rings is 1. The van der Waals surface area contributed by atoms with Crippen molar-refractivity contribution in [1.29, 1.82) is 0 Å². The van der Waals surface area contributed by atoms with Crippen LogP contribution in [0.15, 0.2) is 30.3 Å². The Hall–Kier alpha value is -1.23. The standard InChI is InChI=1S/C19H24O4/c1-18(2)11-16-19(14(20)9-6-10-15(19)23-18)12-21-17(22-16)13-7-4-3-5-8-13/h3-5,7-8,15-17H,6,9-12H2,1-2H3/t15?,16-,17+,19+/m1/s1. The molecule has 1 spiro atoms. The Bertz CT molecular complexity index is 597.